The lowest BCUT2D eigenvalue weighted by molar-refractivity contribution is 0.0450. The van der Waals surface area contributed by atoms with Gasteiger partial charge in [-0.1, -0.05) is 0 Å². The van der Waals surface area contributed by atoms with Crippen molar-refractivity contribution in [2.45, 2.75) is 6.04 Å². The topological polar surface area (TPSA) is 121 Å². The molecule has 2 fully saturated rings. The molecule has 0 spiro atoms. The van der Waals surface area contributed by atoms with Crippen LogP contribution in [0.5, 0.6) is 0 Å². The molecule has 0 aromatic carbocycles. The van der Waals surface area contributed by atoms with Crippen LogP contribution in [0.4, 0.5) is 0 Å². The van der Waals surface area contributed by atoms with E-state index < -0.39 is 27.8 Å². The molecule has 2 aliphatic heterocycles. The summed E-state index contributed by atoms with van der Waals surface area (Å²) in [7, 11) is 0.785. The van der Waals surface area contributed by atoms with Gasteiger partial charge in [-0.3, -0.25) is 9.78 Å². The molecule has 2 bridgehead atoms. The van der Waals surface area contributed by atoms with E-state index >= 15 is 0 Å². The zero-order valence-electron chi connectivity index (χ0n) is 14.4. The molecule has 2 atom stereocenters. The third kappa shape index (κ3) is 3.34. The fourth-order valence-electron chi connectivity index (χ4n) is 3.11. The molecule has 140 valence electrons. The molecule has 25 heavy (non-hydrogen) atoms. The number of rotatable bonds is 3. The van der Waals surface area contributed by atoms with Gasteiger partial charge in [0.25, 0.3) is 16.1 Å². The quantitative estimate of drug-likeness (QED) is 0.634. The first-order valence-electron chi connectivity index (χ1n) is 7.89. The number of carbonyl (C=O) groups is 1. The Balaban J connectivity index is 1.89. The first-order valence-corrected chi connectivity index (χ1v) is 9.29. The highest BCUT2D eigenvalue weighted by atomic mass is 32.2. The maximum absolute atomic E-state index is 12.7. The standard InChI is InChI=1S/C13H22N6O5S/c1-16(2)25(22,23)19-5-9-4-18(6-10(19)8-24-7-9)12(20)11-14-13(21)17(3)15-11/h9-10H,4-8H2,1-3H3,(H,14,15,21)/t9-,10-/m0/s1. The van der Waals surface area contributed by atoms with Crippen LogP contribution < -0.4 is 5.69 Å². The molecule has 12 heteroatoms. The third-order valence-electron chi connectivity index (χ3n) is 4.44. The summed E-state index contributed by atoms with van der Waals surface area (Å²) in [6, 6.07) is -0.487. The van der Waals surface area contributed by atoms with Gasteiger partial charge in [-0.2, -0.15) is 17.0 Å². The minimum absolute atomic E-state index is 0.0459. The lowest BCUT2D eigenvalue weighted by atomic mass is 10.1. The summed E-state index contributed by atoms with van der Waals surface area (Å²) in [4.78, 5) is 28.2. The van der Waals surface area contributed by atoms with Crippen LogP contribution in [-0.4, -0.2) is 95.6 Å². The first-order chi connectivity index (χ1) is 11.7. The number of nitrogens with one attached hydrogen (secondary N) is 1. The van der Waals surface area contributed by atoms with Crippen LogP contribution in [0.15, 0.2) is 4.79 Å². The molecule has 0 radical (unpaired) electrons. The minimum Gasteiger partial charge on any atom is -0.379 e. The number of carbonyl (C=O) groups excluding carboxylic acids is 1. The number of nitrogens with zero attached hydrogens (tertiary/aromatic N) is 5. The lowest BCUT2D eigenvalue weighted by Gasteiger charge is -2.31. The maximum Gasteiger partial charge on any atom is 0.343 e. The van der Waals surface area contributed by atoms with E-state index in [0.29, 0.717) is 13.2 Å². The van der Waals surface area contributed by atoms with Gasteiger partial charge in [0.2, 0.25) is 5.82 Å². The van der Waals surface area contributed by atoms with E-state index in [1.165, 1.54) is 25.4 Å². The van der Waals surface area contributed by atoms with E-state index in [1.807, 2.05) is 0 Å². The predicted octanol–water partition coefficient (Wildman–Crippen LogP) is -2.31. The monoisotopic (exact) mass is 374 g/mol. The van der Waals surface area contributed by atoms with Crippen LogP contribution in [-0.2, 0) is 22.0 Å². The van der Waals surface area contributed by atoms with Gasteiger partial charge in [-0.15, -0.1) is 5.10 Å². The Morgan fingerprint density at radius 3 is 2.60 bits per heavy atom. The van der Waals surface area contributed by atoms with E-state index in [1.54, 1.807) is 4.90 Å². The number of amides is 1. The van der Waals surface area contributed by atoms with Crippen LogP contribution in [0.25, 0.3) is 0 Å². The van der Waals surface area contributed by atoms with Crippen LogP contribution in [0.2, 0.25) is 0 Å². The molecule has 1 aromatic heterocycles. The SMILES string of the molecule is CN(C)S(=O)(=O)N1C[C@H]2COC[C@@H]1CN(C(=O)c1nn(C)c(=O)[nH]1)C2. The summed E-state index contributed by atoms with van der Waals surface area (Å²) in [5, 5.41) is 3.89. The van der Waals surface area contributed by atoms with Gasteiger partial charge >= 0.3 is 5.69 Å². The molecular weight excluding hydrogens is 352 g/mol. The molecule has 0 aliphatic carbocycles. The molecular formula is C13H22N6O5S. The highest BCUT2D eigenvalue weighted by Gasteiger charge is 2.41. The van der Waals surface area contributed by atoms with Crippen LogP contribution >= 0.6 is 0 Å². The summed E-state index contributed by atoms with van der Waals surface area (Å²) in [5.74, 6) is -0.615. The van der Waals surface area contributed by atoms with Crippen LogP contribution in [0.3, 0.4) is 0 Å². The molecule has 3 heterocycles. The molecule has 2 saturated heterocycles. The Morgan fingerprint density at radius 2 is 2.00 bits per heavy atom. The second-order valence-electron chi connectivity index (χ2n) is 6.53. The molecule has 11 nitrogen and oxygen atoms in total. The van der Waals surface area contributed by atoms with Crippen molar-refractivity contribution < 1.29 is 17.9 Å². The van der Waals surface area contributed by atoms with E-state index in [2.05, 4.69) is 10.1 Å². The molecule has 0 saturated carbocycles. The molecule has 3 rings (SSSR count). The van der Waals surface area contributed by atoms with Gasteiger partial charge in [0, 0.05) is 46.7 Å². The normalized spacial score (nSPS) is 25.2. The van der Waals surface area contributed by atoms with Gasteiger partial charge in [-0.25, -0.2) is 9.48 Å². The average molecular weight is 374 g/mol. The Labute approximate surface area is 145 Å². The van der Waals surface area contributed by atoms with Crippen molar-refractivity contribution in [1.82, 2.24) is 28.3 Å². The third-order valence-corrected chi connectivity index (χ3v) is 6.40. The van der Waals surface area contributed by atoms with Crippen molar-refractivity contribution in [3.05, 3.63) is 16.3 Å². The molecule has 1 amide bonds. The summed E-state index contributed by atoms with van der Waals surface area (Å²) < 4.78 is 34.4. The number of H-pyrrole nitrogens is 1. The Hall–Kier alpha value is -1.76. The predicted molar refractivity (Wildman–Crippen MR) is 87.1 cm³/mol. The van der Waals surface area contributed by atoms with Crippen molar-refractivity contribution in [2.24, 2.45) is 13.0 Å². The van der Waals surface area contributed by atoms with Crippen molar-refractivity contribution in [1.29, 1.82) is 0 Å². The summed E-state index contributed by atoms with van der Waals surface area (Å²) >= 11 is 0. The van der Waals surface area contributed by atoms with E-state index in [-0.39, 0.29) is 31.4 Å². The number of hydrogen-bond acceptors (Lipinski definition) is 6. The first kappa shape index (κ1) is 18.0. The maximum atomic E-state index is 12.7. The van der Waals surface area contributed by atoms with E-state index in [4.69, 9.17) is 4.74 Å². The van der Waals surface area contributed by atoms with Gasteiger partial charge in [-0.05, 0) is 0 Å². The average Bonchev–Trinajstić information content (AvgIpc) is 2.71. The number of aryl methyl sites for hydroxylation is 1. The largest absolute Gasteiger partial charge is 0.379 e. The molecule has 1 aromatic rings. The number of aromatic amines is 1. The summed E-state index contributed by atoms with van der Waals surface area (Å²) in [6.45, 7) is 1.40. The zero-order chi connectivity index (χ0) is 18.4. The van der Waals surface area contributed by atoms with Crippen molar-refractivity contribution >= 4 is 16.1 Å². The lowest BCUT2D eigenvalue weighted by Crippen LogP contribution is -2.50. The molecule has 1 N–H and O–H groups in total. The van der Waals surface area contributed by atoms with Crippen LogP contribution in [0.1, 0.15) is 10.6 Å². The smallest absolute Gasteiger partial charge is 0.343 e. The van der Waals surface area contributed by atoms with E-state index in [0.717, 1.165) is 8.99 Å². The highest BCUT2D eigenvalue weighted by Crippen LogP contribution is 2.24. The number of fused-ring (bicyclic) bond motifs is 3. The molecule has 0 unspecified atom stereocenters. The van der Waals surface area contributed by atoms with Gasteiger partial charge in [0.05, 0.1) is 19.3 Å². The second-order valence-corrected chi connectivity index (χ2v) is 8.62. The summed E-state index contributed by atoms with van der Waals surface area (Å²) in [6.07, 6.45) is 0. The Morgan fingerprint density at radius 1 is 1.28 bits per heavy atom. The van der Waals surface area contributed by atoms with Gasteiger partial charge in [0.1, 0.15) is 0 Å². The number of hydrogen-bond donors (Lipinski definition) is 1. The minimum atomic E-state index is -3.62. The summed E-state index contributed by atoms with van der Waals surface area (Å²) in [5.41, 5.74) is -0.474. The fraction of sp³-hybridized carbons (Fsp3) is 0.769. The van der Waals surface area contributed by atoms with Gasteiger partial charge < -0.3 is 9.64 Å². The Kier molecular flexibility index (Phi) is 4.70. The van der Waals surface area contributed by atoms with Crippen molar-refractivity contribution in [3.8, 4) is 0 Å². The highest BCUT2D eigenvalue weighted by molar-refractivity contribution is 7.86. The second kappa shape index (κ2) is 6.52. The van der Waals surface area contributed by atoms with Crippen molar-refractivity contribution in [2.75, 3.05) is 46.9 Å². The molecule has 2 aliphatic rings. The number of aromatic nitrogens is 3. The van der Waals surface area contributed by atoms with Gasteiger partial charge in [0.15, 0.2) is 0 Å². The zero-order valence-corrected chi connectivity index (χ0v) is 15.2. The van der Waals surface area contributed by atoms with Crippen molar-refractivity contribution in [3.63, 3.8) is 0 Å². The van der Waals surface area contributed by atoms with E-state index in [9.17, 15) is 18.0 Å². The number of ether oxygens (including phenoxy) is 1. The van der Waals surface area contributed by atoms with Crippen LogP contribution in [0, 0.1) is 5.92 Å². The Bertz CT molecular complexity index is 815. The fourth-order valence-corrected chi connectivity index (χ4v) is 4.43.